The molecule has 1 aromatic heterocycles. The van der Waals surface area contributed by atoms with Gasteiger partial charge >= 0.3 is 0 Å². The zero-order chi connectivity index (χ0) is 14.5. The molecule has 6 nitrogen and oxygen atoms in total. The summed E-state index contributed by atoms with van der Waals surface area (Å²) in [7, 11) is 1.61. The number of nitrogens with one attached hydrogen (secondary N) is 1. The summed E-state index contributed by atoms with van der Waals surface area (Å²) in [5, 5.41) is 3.07. The van der Waals surface area contributed by atoms with Crippen molar-refractivity contribution in [3.8, 4) is 5.75 Å². The molecule has 0 aliphatic rings. The molecular weight excluding hydrogens is 256 g/mol. The highest BCUT2D eigenvalue weighted by atomic mass is 16.5. The van der Waals surface area contributed by atoms with Crippen molar-refractivity contribution < 1.29 is 9.53 Å². The van der Waals surface area contributed by atoms with E-state index in [9.17, 15) is 4.79 Å². The molecule has 2 rings (SSSR count). The van der Waals surface area contributed by atoms with Gasteiger partial charge < -0.3 is 21.5 Å². The number of anilines is 2. The number of benzene rings is 1. The molecule has 0 atom stereocenters. The molecule has 1 amide bonds. The zero-order valence-electron chi connectivity index (χ0n) is 11.1. The van der Waals surface area contributed by atoms with Crippen LogP contribution >= 0.6 is 0 Å². The summed E-state index contributed by atoms with van der Waals surface area (Å²) in [6.45, 7) is 0.494. The molecule has 0 fully saturated rings. The Bertz CT molecular complexity index is 628. The second-order valence-electron chi connectivity index (χ2n) is 4.23. The number of primary amides is 1. The number of nitrogens with zero attached hydrogens (tertiary/aromatic N) is 1. The van der Waals surface area contributed by atoms with Crippen LogP contribution in [0.3, 0.4) is 0 Å². The standard InChI is InChI=1S/C14H16N4O2/c1-20-11-4-2-3-9(5-11)7-17-14-12(13(16)19)6-10(15)8-18-14/h2-6,8H,7,15H2,1H3,(H2,16,19)(H,17,18). The van der Waals surface area contributed by atoms with E-state index in [2.05, 4.69) is 10.3 Å². The number of hydrogen-bond acceptors (Lipinski definition) is 5. The molecule has 5 N–H and O–H groups in total. The normalized spacial score (nSPS) is 10.1. The minimum absolute atomic E-state index is 0.271. The molecule has 0 aliphatic carbocycles. The van der Waals surface area contributed by atoms with E-state index >= 15 is 0 Å². The van der Waals surface area contributed by atoms with Gasteiger partial charge in [0.1, 0.15) is 11.6 Å². The minimum Gasteiger partial charge on any atom is -0.497 e. The Morgan fingerprint density at radius 3 is 2.90 bits per heavy atom. The number of aromatic nitrogens is 1. The van der Waals surface area contributed by atoms with Gasteiger partial charge in [0.15, 0.2) is 0 Å². The fraction of sp³-hybridized carbons (Fsp3) is 0.143. The molecule has 20 heavy (non-hydrogen) atoms. The predicted octanol–water partition coefficient (Wildman–Crippen LogP) is 1.38. The van der Waals surface area contributed by atoms with E-state index in [4.69, 9.17) is 16.2 Å². The number of carbonyl (C=O) groups excluding carboxylic acids is 1. The van der Waals surface area contributed by atoms with Crippen LogP contribution in [-0.4, -0.2) is 18.0 Å². The summed E-state index contributed by atoms with van der Waals surface area (Å²) < 4.78 is 5.15. The summed E-state index contributed by atoms with van der Waals surface area (Å²) >= 11 is 0. The van der Waals surface area contributed by atoms with Crippen LogP contribution in [0.5, 0.6) is 5.75 Å². The average molecular weight is 272 g/mol. The fourth-order valence-electron chi connectivity index (χ4n) is 1.78. The van der Waals surface area contributed by atoms with Crippen LogP contribution in [0, 0.1) is 0 Å². The average Bonchev–Trinajstić information content (AvgIpc) is 2.46. The van der Waals surface area contributed by atoms with Gasteiger partial charge in [-0.15, -0.1) is 0 Å². The molecule has 1 heterocycles. The van der Waals surface area contributed by atoms with E-state index in [-0.39, 0.29) is 5.56 Å². The third kappa shape index (κ3) is 3.17. The number of nitrogens with two attached hydrogens (primary N) is 2. The second-order valence-corrected chi connectivity index (χ2v) is 4.23. The first-order valence-corrected chi connectivity index (χ1v) is 6.02. The van der Waals surface area contributed by atoms with Gasteiger partial charge in [-0.2, -0.15) is 0 Å². The van der Waals surface area contributed by atoms with Crippen molar-refractivity contribution in [2.45, 2.75) is 6.54 Å². The maximum absolute atomic E-state index is 11.4. The highest BCUT2D eigenvalue weighted by Crippen LogP contribution is 2.17. The number of carbonyl (C=O) groups is 1. The van der Waals surface area contributed by atoms with Crippen LogP contribution in [-0.2, 0) is 6.54 Å². The number of hydrogen-bond donors (Lipinski definition) is 3. The summed E-state index contributed by atoms with van der Waals surface area (Å²) in [6, 6.07) is 9.09. The van der Waals surface area contributed by atoms with E-state index in [1.54, 1.807) is 7.11 Å². The molecule has 0 aliphatic heterocycles. The molecule has 6 heteroatoms. The van der Waals surface area contributed by atoms with Gasteiger partial charge in [-0.3, -0.25) is 4.79 Å². The van der Waals surface area contributed by atoms with Crippen molar-refractivity contribution in [1.82, 2.24) is 4.98 Å². The van der Waals surface area contributed by atoms with Crippen molar-refractivity contribution in [2.75, 3.05) is 18.2 Å². The van der Waals surface area contributed by atoms with Gasteiger partial charge in [0.05, 0.1) is 24.6 Å². The predicted molar refractivity (Wildman–Crippen MR) is 77.5 cm³/mol. The van der Waals surface area contributed by atoms with Crippen LogP contribution in [0.2, 0.25) is 0 Å². The van der Waals surface area contributed by atoms with E-state index < -0.39 is 5.91 Å². The van der Waals surface area contributed by atoms with Gasteiger partial charge in [0, 0.05) is 6.54 Å². The second kappa shape index (κ2) is 5.92. The Kier molecular flexibility index (Phi) is 4.05. The number of rotatable bonds is 5. The summed E-state index contributed by atoms with van der Waals surface area (Å²) in [5.41, 5.74) is 12.6. The van der Waals surface area contributed by atoms with Crippen molar-refractivity contribution >= 4 is 17.4 Å². The third-order valence-electron chi connectivity index (χ3n) is 2.77. The van der Waals surface area contributed by atoms with Crippen molar-refractivity contribution in [3.63, 3.8) is 0 Å². The Morgan fingerprint density at radius 1 is 1.40 bits per heavy atom. The molecule has 0 saturated carbocycles. The number of ether oxygens (including phenoxy) is 1. The molecule has 0 spiro atoms. The third-order valence-corrected chi connectivity index (χ3v) is 2.77. The van der Waals surface area contributed by atoms with Crippen molar-refractivity contribution in [1.29, 1.82) is 0 Å². The van der Waals surface area contributed by atoms with Crippen molar-refractivity contribution in [3.05, 3.63) is 47.7 Å². The van der Waals surface area contributed by atoms with Gasteiger partial charge in [-0.25, -0.2) is 4.98 Å². The summed E-state index contributed by atoms with van der Waals surface area (Å²) in [6.07, 6.45) is 1.47. The first kappa shape index (κ1) is 13.7. The SMILES string of the molecule is COc1cccc(CNc2ncc(N)cc2C(N)=O)c1. The van der Waals surface area contributed by atoms with Crippen molar-refractivity contribution in [2.24, 2.45) is 5.73 Å². The lowest BCUT2D eigenvalue weighted by molar-refractivity contribution is 0.100. The Labute approximate surface area is 116 Å². The van der Waals surface area contributed by atoms with Crippen LogP contribution in [0.1, 0.15) is 15.9 Å². The highest BCUT2D eigenvalue weighted by molar-refractivity contribution is 5.98. The Morgan fingerprint density at radius 2 is 2.20 bits per heavy atom. The number of nitrogen functional groups attached to an aromatic ring is 1. The molecule has 2 aromatic rings. The molecule has 0 unspecified atom stereocenters. The van der Waals surface area contributed by atoms with Crippen LogP contribution < -0.4 is 21.5 Å². The number of pyridine rings is 1. The minimum atomic E-state index is -0.571. The topological polar surface area (TPSA) is 103 Å². The smallest absolute Gasteiger partial charge is 0.252 e. The van der Waals surface area contributed by atoms with E-state index in [0.29, 0.717) is 18.1 Å². The molecule has 0 saturated heterocycles. The molecule has 104 valence electrons. The van der Waals surface area contributed by atoms with Crippen LogP contribution in [0.4, 0.5) is 11.5 Å². The van der Waals surface area contributed by atoms with Gasteiger partial charge in [-0.05, 0) is 23.8 Å². The lowest BCUT2D eigenvalue weighted by atomic mass is 10.2. The summed E-state index contributed by atoms with van der Waals surface area (Å²) in [5.74, 6) is 0.608. The number of amides is 1. The molecule has 1 aromatic carbocycles. The molecule has 0 bridgehead atoms. The largest absolute Gasteiger partial charge is 0.497 e. The monoisotopic (exact) mass is 272 g/mol. The fourth-order valence-corrected chi connectivity index (χ4v) is 1.78. The lowest BCUT2D eigenvalue weighted by Gasteiger charge is -2.10. The zero-order valence-corrected chi connectivity index (χ0v) is 11.1. The Balaban J connectivity index is 2.16. The first-order valence-electron chi connectivity index (χ1n) is 6.02. The van der Waals surface area contributed by atoms with E-state index in [1.807, 2.05) is 24.3 Å². The maximum atomic E-state index is 11.4. The van der Waals surface area contributed by atoms with E-state index in [1.165, 1.54) is 12.3 Å². The first-order chi connectivity index (χ1) is 9.60. The van der Waals surface area contributed by atoms with Crippen LogP contribution in [0.15, 0.2) is 36.5 Å². The van der Waals surface area contributed by atoms with Gasteiger partial charge in [0.2, 0.25) is 0 Å². The Hall–Kier alpha value is -2.76. The quantitative estimate of drug-likeness (QED) is 0.763. The maximum Gasteiger partial charge on any atom is 0.252 e. The molecule has 0 radical (unpaired) electrons. The van der Waals surface area contributed by atoms with Gasteiger partial charge in [0.25, 0.3) is 5.91 Å². The highest BCUT2D eigenvalue weighted by Gasteiger charge is 2.10. The number of methoxy groups -OCH3 is 1. The summed E-state index contributed by atoms with van der Waals surface area (Å²) in [4.78, 5) is 15.4. The van der Waals surface area contributed by atoms with Crippen LogP contribution in [0.25, 0.3) is 0 Å². The lowest BCUT2D eigenvalue weighted by Crippen LogP contribution is -2.16. The molecular formula is C14H16N4O2. The van der Waals surface area contributed by atoms with E-state index in [0.717, 1.165) is 11.3 Å². The van der Waals surface area contributed by atoms with Gasteiger partial charge in [-0.1, -0.05) is 12.1 Å².